The molecule has 7 nitrogen and oxygen atoms in total. The number of carbonyl (C=O) groups excluding carboxylic acids is 3. The molecule has 1 fully saturated rings. The van der Waals surface area contributed by atoms with Crippen molar-refractivity contribution < 1.29 is 14.4 Å². The first-order valence-corrected chi connectivity index (χ1v) is 12.7. The SMILES string of the molecule is CCCN(CCC)C(=O)c1cccc(NC(=O)CNc2ccc(C(=O)N3CCC(C)CC3)cc2)c1. The standard InChI is InChI=1S/C28H38N4O3/c1-4-15-31(16-5-2)28(35)23-7-6-8-25(19-23)30-26(33)20-29-24-11-9-22(10-12-24)27(34)32-17-13-21(3)14-18-32/h6-12,19,21,29H,4-5,13-18,20H2,1-3H3,(H,30,33). The summed E-state index contributed by atoms with van der Waals surface area (Å²) in [6, 6.07) is 14.3. The van der Waals surface area contributed by atoms with Crippen molar-refractivity contribution in [1.29, 1.82) is 0 Å². The van der Waals surface area contributed by atoms with E-state index in [9.17, 15) is 14.4 Å². The van der Waals surface area contributed by atoms with Crippen LogP contribution < -0.4 is 10.6 Å². The second-order valence-electron chi connectivity index (χ2n) is 9.33. The molecule has 1 heterocycles. The number of rotatable bonds is 10. The minimum Gasteiger partial charge on any atom is -0.376 e. The zero-order valence-corrected chi connectivity index (χ0v) is 21.2. The van der Waals surface area contributed by atoms with Crippen LogP contribution in [0.3, 0.4) is 0 Å². The van der Waals surface area contributed by atoms with E-state index in [2.05, 4.69) is 31.4 Å². The molecular formula is C28H38N4O3. The summed E-state index contributed by atoms with van der Waals surface area (Å²) in [5.74, 6) is 0.511. The van der Waals surface area contributed by atoms with Gasteiger partial charge in [0.2, 0.25) is 5.91 Å². The summed E-state index contributed by atoms with van der Waals surface area (Å²) in [5.41, 5.74) is 2.59. The Morgan fingerprint density at radius 2 is 1.57 bits per heavy atom. The summed E-state index contributed by atoms with van der Waals surface area (Å²) in [6.07, 6.45) is 3.90. The van der Waals surface area contributed by atoms with Crippen molar-refractivity contribution in [3.05, 3.63) is 59.7 Å². The zero-order chi connectivity index (χ0) is 25.2. The molecule has 0 unspecified atom stereocenters. The van der Waals surface area contributed by atoms with Crippen molar-refractivity contribution >= 4 is 29.1 Å². The molecule has 0 spiro atoms. The van der Waals surface area contributed by atoms with Crippen LogP contribution in [0, 0.1) is 5.92 Å². The number of benzene rings is 2. The number of nitrogens with one attached hydrogen (secondary N) is 2. The maximum atomic E-state index is 12.8. The summed E-state index contributed by atoms with van der Waals surface area (Å²) in [4.78, 5) is 41.8. The average Bonchev–Trinajstić information content (AvgIpc) is 2.87. The molecule has 3 rings (SSSR count). The number of piperidine rings is 1. The first-order chi connectivity index (χ1) is 16.9. The molecular weight excluding hydrogens is 440 g/mol. The van der Waals surface area contributed by atoms with Crippen LogP contribution in [0.25, 0.3) is 0 Å². The van der Waals surface area contributed by atoms with Crippen molar-refractivity contribution in [3.63, 3.8) is 0 Å². The molecule has 1 saturated heterocycles. The number of amides is 3. The van der Waals surface area contributed by atoms with Crippen LogP contribution in [-0.4, -0.2) is 60.2 Å². The fourth-order valence-corrected chi connectivity index (χ4v) is 4.28. The highest BCUT2D eigenvalue weighted by atomic mass is 16.2. The van der Waals surface area contributed by atoms with Gasteiger partial charge in [0, 0.05) is 48.7 Å². The molecule has 0 radical (unpaired) electrons. The number of nitrogens with zero attached hydrogens (tertiary/aromatic N) is 2. The van der Waals surface area contributed by atoms with E-state index in [0.29, 0.717) is 22.7 Å². The Balaban J connectivity index is 1.51. The normalized spacial score (nSPS) is 13.9. The molecule has 7 heteroatoms. The van der Waals surface area contributed by atoms with Crippen LogP contribution in [0.15, 0.2) is 48.5 Å². The van der Waals surface area contributed by atoms with E-state index in [4.69, 9.17) is 0 Å². The topological polar surface area (TPSA) is 81.8 Å². The molecule has 1 aliphatic heterocycles. The first kappa shape index (κ1) is 26.3. The van der Waals surface area contributed by atoms with E-state index in [1.165, 1.54) is 0 Å². The Kier molecular flexibility index (Phi) is 9.70. The van der Waals surface area contributed by atoms with Crippen molar-refractivity contribution in [2.45, 2.75) is 46.5 Å². The second kappa shape index (κ2) is 12.9. The molecule has 1 aliphatic rings. The van der Waals surface area contributed by atoms with Crippen molar-refractivity contribution in [1.82, 2.24) is 9.80 Å². The summed E-state index contributed by atoms with van der Waals surface area (Å²) in [7, 11) is 0. The van der Waals surface area contributed by atoms with E-state index in [0.717, 1.165) is 57.5 Å². The monoisotopic (exact) mass is 478 g/mol. The van der Waals surface area contributed by atoms with Crippen molar-refractivity contribution in [2.24, 2.45) is 5.92 Å². The highest BCUT2D eigenvalue weighted by molar-refractivity contribution is 5.98. The summed E-state index contributed by atoms with van der Waals surface area (Å²) >= 11 is 0. The minimum absolute atomic E-state index is 0.0170. The van der Waals surface area contributed by atoms with Gasteiger partial charge in [0.05, 0.1) is 6.54 Å². The summed E-state index contributed by atoms with van der Waals surface area (Å²) < 4.78 is 0. The van der Waals surface area contributed by atoms with Gasteiger partial charge in [0.25, 0.3) is 11.8 Å². The average molecular weight is 479 g/mol. The lowest BCUT2D eigenvalue weighted by Crippen LogP contribution is -2.37. The van der Waals surface area contributed by atoms with Gasteiger partial charge in [-0.2, -0.15) is 0 Å². The molecule has 0 saturated carbocycles. The molecule has 188 valence electrons. The third-order valence-electron chi connectivity index (χ3n) is 6.32. The second-order valence-corrected chi connectivity index (χ2v) is 9.33. The number of carbonyl (C=O) groups is 3. The highest BCUT2D eigenvalue weighted by Crippen LogP contribution is 2.19. The number of anilines is 2. The molecule has 2 aromatic carbocycles. The Morgan fingerprint density at radius 1 is 0.914 bits per heavy atom. The fraction of sp³-hybridized carbons (Fsp3) is 0.464. The van der Waals surface area contributed by atoms with Crippen LogP contribution in [0.5, 0.6) is 0 Å². The van der Waals surface area contributed by atoms with Gasteiger partial charge in [-0.15, -0.1) is 0 Å². The predicted molar refractivity (Wildman–Crippen MR) is 141 cm³/mol. The van der Waals surface area contributed by atoms with Crippen LogP contribution in [0.4, 0.5) is 11.4 Å². The van der Waals surface area contributed by atoms with E-state index in [1.807, 2.05) is 21.9 Å². The van der Waals surface area contributed by atoms with Gasteiger partial charge in [-0.3, -0.25) is 14.4 Å². The van der Waals surface area contributed by atoms with Crippen molar-refractivity contribution in [3.8, 4) is 0 Å². The maximum Gasteiger partial charge on any atom is 0.253 e. The van der Waals surface area contributed by atoms with E-state index in [-0.39, 0.29) is 24.3 Å². The lowest BCUT2D eigenvalue weighted by atomic mass is 9.98. The molecule has 0 bridgehead atoms. The van der Waals surface area contributed by atoms with Crippen LogP contribution in [-0.2, 0) is 4.79 Å². The molecule has 0 aliphatic carbocycles. The molecule has 2 aromatic rings. The lowest BCUT2D eigenvalue weighted by molar-refractivity contribution is -0.114. The number of hydrogen-bond acceptors (Lipinski definition) is 4. The van der Waals surface area contributed by atoms with Gasteiger partial charge in [-0.1, -0.05) is 26.8 Å². The Labute approximate surface area is 208 Å². The third-order valence-corrected chi connectivity index (χ3v) is 6.32. The Morgan fingerprint density at radius 3 is 2.20 bits per heavy atom. The molecule has 0 aromatic heterocycles. The van der Waals surface area contributed by atoms with E-state index in [1.54, 1.807) is 36.4 Å². The number of hydrogen-bond donors (Lipinski definition) is 2. The van der Waals surface area contributed by atoms with Crippen LogP contribution in [0.2, 0.25) is 0 Å². The summed E-state index contributed by atoms with van der Waals surface area (Å²) in [5, 5.41) is 5.95. The number of likely N-dealkylation sites (tertiary alicyclic amines) is 1. The Bertz CT molecular complexity index is 992. The molecule has 35 heavy (non-hydrogen) atoms. The van der Waals surface area contributed by atoms with E-state index < -0.39 is 0 Å². The quantitative estimate of drug-likeness (QED) is 0.510. The molecule has 3 amide bonds. The molecule has 0 atom stereocenters. The fourth-order valence-electron chi connectivity index (χ4n) is 4.28. The first-order valence-electron chi connectivity index (χ1n) is 12.7. The van der Waals surface area contributed by atoms with Gasteiger partial charge < -0.3 is 20.4 Å². The van der Waals surface area contributed by atoms with Gasteiger partial charge >= 0.3 is 0 Å². The molecule has 2 N–H and O–H groups in total. The van der Waals surface area contributed by atoms with Crippen molar-refractivity contribution in [2.75, 3.05) is 43.4 Å². The van der Waals surface area contributed by atoms with Crippen LogP contribution in [0.1, 0.15) is 67.2 Å². The summed E-state index contributed by atoms with van der Waals surface area (Å²) in [6.45, 7) is 9.46. The minimum atomic E-state index is -0.212. The maximum absolute atomic E-state index is 12.8. The highest BCUT2D eigenvalue weighted by Gasteiger charge is 2.21. The predicted octanol–water partition coefficient (Wildman–Crippen LogP) is 4.87. The van der Waals surface area contributed by atoms with Gasteiger partial charge in [0.1, 0.15) is 0 Å². The third kappa shape index (κ3) is 7.57. The Hall–Kier alpha value is -3.35. The van der Waals surface area contributed by atoms with Gasteiger partial charge in [-0.25, -0.2) is 0 Å². The largest absolute Gasteiger partial charge is 0.376 e. The van der Waals surface area contributed by atoms with Gasteiger partial charge in [0.15, 0.2) is 0 Å². The van der Waals surface area contributed by atoms with Gasteiger partial charge in [-0.05, 0) is 74.1 Å². The lowest BCUT2D eigenvalue weighted by Gasteiger charge is -2.30. The smallest absolute Gasteiger partial charge is 0.253 e. The zero-order valence-electron chi connectivity index (χ0n) is 21.2. The van der Waals surface area contributed by atoms with Crippen LogP contribution >= 0.6 is 0 Å². The van der Waals surface area contributed by atoms with E-state index >= 15 is 0 Å².